The first-order valence-electron chi connectivity index (χ1n) is 8.38. The number of benzene rings is 2. The summed E-state index contributed by atoms with van der Waals surface area (Å²) < 4.78 is 10.7. The van der Waals surface area contributed by atoms with E-state index in [1.165, 1.54) is 10.5 Å². The summed E-state index contributed by atoms with van der Waals surface area (Å²) in [5, 5.41) is 7.36. The number of hydrogen-bond acceptors (Lipinski definition) is 3. The summed E-state index contributed by atoms with van der Waals surface area (Å²) >= 11 is 5.49. The van der Waals surface area contributed by atoms with Gasteiger partial charge in [0, 0.05) is 6.54 Å². The molecule has 5 nitrogen and oxygen atoms in total. The van der Waals surface area contributed by atoms with Gasteiger partial charge in [0.1, 0.15) is 12.6 Å². The van der Waals surface area contributed by atoms with Crippen molar-refractivity contribution in [2.75, 3.05) is 27.4 Å². The van der Waals surface area contributed by atoms with E-state index in [0.29, 0.717) is 11.7 Å². The fourth-order valence-corrected chi connectivity index (χ4v) is 3.00. The standard InChI is InChI=1S/C19H23N3O2S/c1-22(2)12-16(15-6-4-3-5-7-15)21-19(25)20-11-14-8-9-17-18(10-14)24-13-23-17/h3-10,16H,11-13H2,1-2H3,(H2,20,21,25)/p+1/t16-/m0/s1. The zero-order valence-corrected chi connectivity index (χ0v) is 15.4. The van der Waals surface area contributed by atoms with Crippen molar-refractivity contribution in [3.05, 3.63) is 59.7 Å². The molecule has 1 atom stereocenters. The van der Waals surface area contributed by atoms with Crippen LogP contribution in [0.5, 0.6) is 11.5 Å². The van der Waals surface area contributed by atoms with E-state index >= 15 is 0 Å². The predicted molar refractivity (Wildman–Crippen MR) is 102 cm³/mol. The topological polar surface area (TPSA) is 47.0 Å². The van der Waals surface area contributed by atoms with Crippen LogP contribution >= 0.6 is 12.2 Å². The number of ether oxygens (including phenoxy) is 2. The van der Waals surface area contributed by atoms with Gasteiger partial charge in [0.25, 0.3) is 0 Å². The molecule has 25 heavy (non-hydrogen) atoms. The van der Waals surface area contributed by atoms with Crippen LogP contribution in [0.4, 0.5) is 0 Å². The van der Waals surface area contributed by atoms with Gasteiger partial charge in [-0.25, -0.2) is 0 Å². The number of hydrogen-bond donors (Lipinski definition) is 3. The third-order valence-electron chi connectivity index (χ3n) is 4.01. The summed E-state index contributed by atoms with van der Waals surface area (Å²) in [6.45, 7) is 1.87. The van der Waals surface area contributed by atoms with Crippen molar-refractivity contribution in [2.45, 2.75) is 12.6 Å². The minimum Gasteiger partial charge on any atom is -0.454 e. The summed E-state index contributed by atoms with van der Waals surface area (Å²) in [5.74, 6) is 1.58. The molecule has 0 bridgehead atoms. The quantitative estimate of drug-likeness (QED) is 0.679. The summed E-state index contributed by atoms with van der Waals surface area (Å²) in [5.41, 5.74) is 2.33. The van der Waals surface area contributed by atoms with E-state index in [-0.39, 0.29) is 12.8 Å². The Labute approximate surface area is 153 Å². The Morgan fingerprint density at radius 2 is 1.88 bits per heavy atom. The largest absolute Gasteiger partial charge is 0.454 e. The van der Waals surface area contributed by atoms with Gasteiger partial charge < -0.3 is 25.0 Å². The summed E-state index contributed by atoms with van der Waals surface area (Å²) in [7, 11) is 4.28. The lowest BCUT2D eigenvalue weighted by atomic mass is 10.1. The first-order chi connectivity index (χ1) is 12.1. The molecule has 1 aliphatic heterocycles. The highest BCUT2D eigenvalue weighted by Gasteiger charge is 2.16. The van der Waals surface area contributed by atoms with Crippen molar-refractivity contribution in [3.8, 4) is 11.5 Å². The summed E-state index contributed by atoms with van der Waals surface area (Å²) in [6, 6.07) is 16.5. The van der Waals surface area contributed by atoms with Crippen molar-refractivity contribution in [1.29, 1.82) is 0 Å². The second-order valence-electron chi connectivity index (χ2n) is 6.39. The first kappa shape index (κ1) is 17.5. The normalized spacial score (nSPS) is 13.6. The number of rotatable bonds is 6. The highest BCUT2D eigenvalue weighted by molar-refractivity contribution is 7.80. The molecule has 6 heteroatoms. The number of quaternary nitrogens is 1. The van der Waals surface area contributed by atoms with Crippen LogP contribution in [0.15, 0.2) is 48.5 Å². The Balaban J connectivity index is 1.58. The molecule has 3 N–H and O–H groups in total. The second kappa shape index (κ2) is 8.18. The lowest BCUT2D eigenvalue weighted by Gasteiger charge is -2.22. The molecule has 2 aromatic rings. The molecule has 0 aliphatic carbocycles. The lowest BCUT2D eigenvalue weighted by molar-refractivity contribution is -0.860. The molecule has 0 unspecified atom stereocenters. The number of nitrogens with one attached hydrogen (secondary N) is 3. The van der Waals surface area contributed by atoms with Crippen molar-refractivity contribution >= 4 is 17.3 Å². The second-order valence-corrected chi connectivity index (χ2v) is 6.80. The zero-order chi connectivity index (χ0) is 17.6. The zero-order valence-electron chi connectivity index (χ0n) is 14.5. The SMILES string of the molecule is C[NH+](C)C[C@H](NC(=S)NCc1ccc2c(c1)OCO2)c1ccccc1. The van der Waals surface area contributed by atoms with E-state index in [2.05, 4.69) is 49.0 Å². The minimum atomic E-state index is 0.169. The summed E-state index contributed by atoms with van der Waals surface area (Å²) in [4.78, 5) is 1.36. The Morgan fingerprint density at radius 3 is 2.64 bits per heavy atom. The average molecular weight is 358 g/mol. The molecule has 0 fully saturated rings. The van der Waals surface area contributed by atoms with Crippen LogP contribution in [0.25, 0.3) is 0 Å². The highest BCUT2D eigenvalue weighted by atomic mass is 32.1. The molecular weight excluding hydrogens is 334 g/mol. The minimum absolute atomic E-state index is 0.169. The predicted octanol–water partition coefficient (Wildman–Crippen LogP) is 1.27. The van der Waals surface area contributed by atoms with Crippen LogP contribution in [0.2, 0.25) is 0 Å². The molecule has 1 aliphatic rings. The molecular formula is C19H24N3O2S+. The third-order valence-corrected chi connectivity index (χ3v) is 4.27. The first-order valence-corrected chi connectivity index (χ1v) is 8.79. The van der Waals surface area contributed by atoms with Crippen LogP contribution in [-0.4, -0.2) is 32.5 Å². The van der Waals surface area contributed by atoms with Gasteiger partial charge in [0.2, 0.25) is 6.79 Å². The molecule has 0 spiro atoms. The fraction of sp³-hybridized carbons (Fsp3) is 0.316. The Bertz CT molecular complexity index is 722. The summed E-state index contributed by atoms with van der Waals surface area (Å²) in [6.07, 6.45) is 0. The maximum absolute atomic E-state index is 5.49. The van der Waals surface area contributed by atoms with Gasteiger partial charge in [-0.2, -0.15) is 0 Å². The Kier molecular flexibility index (Phi) is 5.73. The van der Waals surface area contributed by atoms with Gasteiger partial charge in [-0.05, 0) is 35.5 Å². The monoisotopic (exact) mass is 358 g/mol. The Hall–Kier alpha value is -2.31. The van der Waals surface area contributed by atoms with Crippen LogP contribution in [0.1, 0.15) is 17.2 Å². The van der Waals surface area contributed by atoms with Gasteiger partial charge in [0.05, 0.1) is 14.1 Å². The van der Waals surface area contributed by atoms with Crippen LogP contribution in [0.3, 0.4) is 0 Å². The van der Waals surface area contributed by atoms with Crippen molar-refractivity contribution in [1.82, 2.24) is 10.6 Å². The maximum atomic E-state index is 5.49. The molecule has 0 aromatic heterocycles. The van der Waals surface area contributed by atoms with Gasteiger partial charge in [0.15, 0.2) is 16.6 Å². The molecule has 0 saturated carbocycles. The van der Waals surface area contributed by atoms with E-state index in [9.17, 15) is 0 Å². The molecule has 2 aromatic carbocycles. The molecule has 132 valence electrons. The van der Waals surface area contributed by atoms with Gasteiger partial charge in [-0.15, -0.1) is 0 Å². The maximum Gasteiger partial charge on any atom is 0.231 e. The van der Waals surface area contributed by atoms with E-state index in [1.54, 1.807) is 0 Å². The van der Waals surface area contributed by atoms with Crippen molar-refractivity contribution in [2.24, 2.45) is 0 Å². The lowest BCUT2D eigenvalue weighted by Crippen LogP contribution is -3.06. The van der Waals surface area contributed by atoms with Gasteiger partial charge >= 0.3 is 0 Å². The molecule has 0 saturated heterocycles. The molecule has 0 amide bonds. The third kappa shape index (κ3) is 4.84. The van der Waals surface area contributed by atoms with E-state index in [0.717, 1.165) is 23.6 Å². The van der Waals surface area contributed by atoms with Crippen LogP contribution < -0.4 is 25.0 Å². The van der Waals surface area contributed by atoms with E-state index < -0.39 is 0 Å². The van der Waals surface area contributed by atoms with E-state index in [1.807, 2.05) is 24.3 Å². The van der Waals surface area contributed by atoms with Crippen molar-refractivity contribution < 1.29 is 14.4 Å². The highest BCUT2D eigenvalue weighted by Crippen LogP contribution is 2.32. The molecule has 1 heterocycles. The number of likely N-dealkylation sites (N-methyl/N-ethyl adjacent to an activating group) is 1. The Morgan fingerprint density at radius 1 is 1.12 bits per heavy atom. The fourth-order valence-electron chi connectivity index (χ4n) is 2.79. The molecule has 0 radical (unpaired) electrons. The average Bonchev–Trinajstić information content (AvgIpc) is 3.07. The van der Waals surface area contributed by atoms with E-state index in [4.69, 9.17) is 21.7 Å². The van der Waals surface area contributed by atoms with Crippen LogP contribution in [0, 0.1) is 0 Å². The number of thiocarbonyl (C=S) groups is 1. The smallest absolute Gasteiger partial charge is 0.231 e. The van der Waals surface area contributed by atoms with Crippen molar-refractivity contribution in [3.63, 3.8) is 0 Å². The number of fused-ring (bicyclic) bond motifs is 1. The van der Waals surface area contributed by atoms with Gasteiger partial charge in [-0.3, -0.25) is 0 Å². The molecule has 3 rings (SSSR count). The van der Waals surface area contributed by atoms with Gasteiger partial charge in [-0.1, -0.05) is 36.4 Å². The van der Waals surface area contributed by atoms with Crippen LogP contribution in [-0.2, 0) is 6.54 Å².